The van der Waals surface area contributed by atoms with Gasteiger partial charge in [-0.3, -0.25) is 9.59 Å². The van der Waals surface area contributed by atoms with Crippen LogP contribution in [-0.4, -0.2) is 23.7 Å². The minimum absolute atomic E-state index is 0.0648. The average molecular weight is 236 g/mol. The van der Waals surface area contributed by atoms with Gasteiger partial charge in [0.25, 0.3) is 0 Å². The Morgan fingerprint density at radius 3 is 2.29 bits per heavy atom. The van der Waals surface area contributed by atoms with E-state index in [0.29, 0.717) is 13.0 Å². The van der Waals surface area contributed by atoms with Crippen molar-refractivity contribution in [3.05, 3.63) is 35.9 Å². The van der Waals surface area contributed by atoms with Crippen LogP contribution in [0.2, 0.25) is 0 Å². The fourth-order valence-corrected chi connectivity index (χ4v) is 1.27. The van der Waals surface area contributed by atoms with Crippen LogP contribution in [0.25, 0.3) is 0 Å². The summed E-state index contributed by atoms with van der Waals surface area (Å²) in [5.74, 6) is -0.782. The standard InChI is InChI=1S/C10H12O2.C3H4O2/c11-10(12)8-4-7-9-5-2-1-3-6-9;4-3-1-2-5-3/h1-3,5-6H,4,7-8H2,(H,11,12);1-2H2. The van der Waals surface area contributed by atoms with Gasteiger partial charge in [0.1, 0.15) is 6.61 Å². The molecule has 1 aromatic carbocycles. The van der Waals surface area contributed by atoms with Crippen LogP contribution in [0.15, 0.2) is 30.3 Å². The topological polar surface area (TPSA) is 63.6 Å². The maximum absolute atomic E-state index is 10.2. The number of rotatable bonds is 4. The van der Waals surface area contributed by atoms with Crippen molar-refractivity contribution in [1.82, 2.24) is 0 Å². The van der Waals surface area contributed by atoms with Crippen LogP contribution in [0.4, 0.5) is 0 Å². The van der Waals surface area contributed by atoms with Crippen LogP contribution in [0, 0.1) is 0 Å². The lowest BCUT2D eigenvalue weighted by Crippen LogP contribution is -2.18. The number of cyclic esters (lactones) is 1. The predicted octanol–water partition coefficient (Wildman–Crippen LogP) is 2.03. The van der Waals surface area contributed by atoms with Gasteiger partial charge in [-0.25, -0.2) is 0 Å². The third-order valence-corrected chi connectivity index (χ3v) is 2.27. The van der Waals surface area contributed by atoms with Gasteiger partial charge < -0.3 is 9.84 Å². The summed E-state index contributed by atoms with van der Waals surface area (Å²) in [5, 5.41) is 8.39. The van der Waals surface area contributed by atoms with E-state index in [4.69, 9.17) is 5.11 Å². The molecule has 0 radical (unpaired) electrons. The highest BCUT2D eigenvalue weighted by Crippen LogP contribution is 2.03. The quantitative estimate of drug-likeness (QED) is 0.812. The van der Waals surface area contributed by atoms with Gasteiger partial charge in [-0.05, 0) is 18.4 Å². The van der Waals surface area contributed by atoms with Crippen molar-refractivity contribution in [1.29, 1.82) is 0 Å². The minimum atomic E-state index is -0.717. The lowest BCUT2D eigenvalue weighted by Gasteiger charge is -2.09. The van der Waals surface area contributed by atoms with Crippen molar-refractivity contribution in [3.63, 3.8) is 0 Å². The molecule has 0 amide bonds. The number of benzene rings is 1. The Hall–Kier alpha value is -1.84. The zero-order valence-corrected chi connectivity index (χ0v) is 9.59. The largest absolute Gasteiger partial charge is 0.481 e. The Morgan fingerprint density at radius 1 is 1.29 bits per heavy atom. The van der Waals surface area contributed by atoms with Crippen LogP contribution >= 0.6 is 0 Å². The Morgan fingerprint density at radius 2 is 1.88 bits per heavy atom. The van der Waals surface area contributed by atoms with E-state index in [1.54, 1.807) is 0 Å². The summed E-state index contributed by atoms with van der Waals surface area (Å²) in [6.45, 7) is 0.638. The van der Waals surface area contributed by atoms with Crippen molar-refractivity contribution >= 4 is 11.9 Å². The molecule has 1 fully saturated rings. The van der Waals surface area contributed by atoms with Crippen LogP contribution in [-0.2, 0) is 20.7 Å². The first-order chi connectivity index (χ1) is 8.18. The SMILES string of the molecule is O=C(O)CCCc1ccccc1.O=C1CCO1. The monoisotopic (exact) mass is 236 g/mol. The normalized spacial score (nSPS) is 12.8. The lowest BCUT2D eigenvalue weighted by atomic mass is 10.1. The summed E-state index contributed by atoms with van der Waals surface area (Å²) >= 11 is 0. The molecular weight excluding hydrogens is 220 g/mol. The van der Waals surface area contributed by atoms with Crippen molar-refractivity contribution < 1.29 is 19.4 Å². The van der Waals surface area contributed by atoms with Gasteiger partial charge in [0.2, 0.25) is 0 Å². The number of ether oxygens (including phenoxy) is 1. The summed E-state index contributed by atoms with van der Waals surface area (Å²) in [4.78, 5) is 19.9. The van der Waals surface area contributed by atoms with Gasteiger partial charge in [-0.15, -0.1) is 0 Å². The number of carboxylic acids is 1. The molecule has 92 valence electrons. The predicted molar refractivity (Wildman–Crippen MR) is 62.6 cm³/mol. The molecule has 1 N–H and O–H groups in total. The molecule has 17 heavy (non-hydrogen) atoms. The van der Waals surface area contributed by atoms with Crippen molar-refractivity contribution in [2.45, 2.75) is 25.7 Å². The van der Waals surface area contributed by atoms with Gasteiger partial charge in [-0.1, -0.05) is 30.3 Å². The number of esters is 1. The number of hydrogen-bond acceptors (Lipinski definition) is 3. The van der Waals surface area contributed by atoms with E-state index in [2.05, 4.69) is 4.74 Å². The highest BCUT2D eigenvalue weighted by molar-refractivity contribution is 5.73. The number of hydrogen-bond donors (Lipinski definition) is 1. The fraction of sp³-hybridized carbons (Fsp3) is 0.385. The highest BCUT2D eigenvalue weighted by Gasteiger charge is 2.10. The molecule has 0 bridgehead atoms. The van der Waals surface area contributed by atoms with Crippen LogP contribution < -0.4 is 0 Å². The molecule has 2 rings (SSSR count). The molecule has 1 aliphatic rings. The second-order valence-corrected chi connectivity index (χ2v) is 3.70. The molecule has 0 unspecified atom stereocenters. The van der Waals surface area contributed by atoms with Crippen molar-refractivity contribution in [3.8, 4) is 0 Å². The van der Waals surface area contributed by atoms with Gasteiger partial charge in [-0.2, -0.15) is 0 Å². The second-order valence-electron chi connectivity index (χ2n) is 3.70. The van der Waals surface area contributed by atoms with Gasteiger partial charge in [0.15, 0.2) is 0 Å². The molecular formula is C13H16O4. The molecule has 1 saturated heterocycles. The molecule has 0 aliphatic carbocycles. The highest BCUT2D eigenvalue weighted by atomic mass is 16.6. The molecule has 4 heteroatoms. The second kappa shape index (κ2) is 7.44. The van der Waals surface area contributed by atoms with E-state index in [0.717, 1.165) is 12.8 Å². The molecule has 0 saturated carbocycles. The zero-order valence-electron chi connectivity index (χ0n) is 9.59. The molecule has 1 aliphatic heterocycles. The molecule has 0 spiro atoms. The number of carbonyl (C=O) groups is 2. The van der Waals surface area contributed by atoms with Crippen LogP contribution in [0.1, 0.15) is 24.8 Å². The third-order valence-electron chi connectivity index (χ3n) is 2.27. The molecule has 1 aromatic rings. The summed E-state index contributed by atoms with van der Waals surface area (Å²) in [5.41, 5.74) is 1.21. The smallest absolute Gasteiger partial charge is 0.309 e. The van der Waals surface area contributed by atoms with Gasteiger partial charge >= 0.3 is 11.9 Å². The maximum Gasteiger partial charge on any atom is 0.309 e. The van der Waals surface area contributed by atoms with Crippen molar-refractivity contribution in [2.75, 3.05) is 6.61 Å². The van der Waals surface area contributed by atoms with E-state index in [9.17, 15) is 9.59 Å². The molecule has 0 atom stereocenters. The summed E-state index contributed by atoms with van der Waals surface area (Å²) in [7, 11) is 0. The van der Waals surface area contributed by atoms with E-state index in [1.807, 2.05) is 30.3 Å². The summed E-state index contributed by atoms with van der Waals surface area (Å²) in [6.07, 6.45) is 2.46. The Balaban J connectivity index is 0.000000239. The van der Waals surface area contributed by atoms with Crippen LogP contribution in [0.5, 0.6) is 0 Å². The van der Waals surface area contributed by atoms with E-state index >= 15 is 0 Å². The Bertz CT molecular complexity index is 353. The fourth-order valence-electron chi connectivity index (χ4n) is 1.27. The Labute approximate surface area is 100 Å². The molecule has 1 heterocycles. The zero-order chi connectivity index (χ0) is 12.5. The minimum Gasteiger partial charge on any atom is -0.481 e. The average Bonchev–Trinajstić information content (AvgIpc) is 2.28. The van der Waals surface area contributed by atoms with E-state index in [1.165, 1.54) is 5.56 Å². The molecule has 0 aromatic heterocycles. The number of aryl methyl sites for hydroxylation is 1. The van der Waals surface area contributed by atoms with Gasteiger partial charge in [0, 0.05) is 6.42 Å². The summed E-state index contributed by atoms with van der Waals surface area (Å²) < 4.78 is 4.29. The first-order valence-corrected chi connectivity index (χ1v) is 5.60. The van der Waals surface area contributed by atoms with Gasteiger partial charge in [0.05, 0.1) is 6.42 Å². The van der Waals surface area contributed by atoms with E-state index in [-0.39, 0.29) is 12.4 Å². The number of aliphatic carboxylic acids is 1. The van der Waals surface area contributed by atoms with Crippen molar-refractivity contribution in [2.24, 2.45) is 0 Å². The number of carboxylic acid groups (broad SMARTS) is 1. The number of carbonyl (C=O) groups excluding carboxylic acids is 1. The molecule has 4 nitrogen and oxygen atoms in total. The summed E-state index contributed by atoms with van der Waals surface area (Å²) in [6, 6.07) is 9.93. The maximum atomic E-state index is 10.2. The van der Waals surface area contributed by atoms with E-state index < -0.39 is 5.97 Å². The lowest BCUT2D eigenvalue weighted by molar-refractivity contribution is -0.157. The first-order valence-electron chi connectivity index (χ1n) is 5.60. The van der Waals surface area contributed by atoms with Crippen LogP contribution in [0.3, 0.4) is 0 Å². The Kier molecular flexibility index (Phi) is 5.79. The third kappa shape index (κ3) is 6.35. The first kappa shape index (κ1) is 13.2.